The molecule has 1 N–H and O–H groups in total. The predicted octanol–water partition coefficient (Wildman–Crippen LogP) is 2.49. The highest BCUT2D eigenvalue weighted by atomic mass is 16.5. The molecular formula is C15H21NO2. The fourth-order valence-electron chi connectivity index (χ4n) is 3.26. The third-order valence-electron chi connectivity index (χ3n) is 4.15. The van der Waals surface area contributed by atoms with Crippen LogP contribution in [0.4, 0.5) is 0 Å². The van der Waals surface area contributed by atoms with Crippen molar-refractivity contribution in [2.75, 3.05) is 26.3 Å². The number of nitrogens with zero attached hydrogens (tertiary/aromatic N) is 1. The average Bonchev–Trinajstić information content (AvgIpc) is 2.67. The number of phenolic OH excluding ortho intramolecular Hbond substituents is 1. The molecule has 98 valence electrons. The second-order valence-electron chi connectivity index (χ2n) is 5.25. The third kappa shape index (κ3) is 2.25. The molecule has 1 heterocycles. The molecule has 1 fully saturated rings. The van der Waals surface area contributed by atoms with Gasteiger partial charge in [0.05, 0.1) is 6.61 Å². The van der Waals surface area contributed by atoms with Crippen LogP contribution in [-0.4, -0.2) is 36.3 Å². The highest BCUT2D eigenvalue weighted by Gasteiger charge is 2.27. The Bertz CT molecular complexity index is 411. The van der Waals surface area contributed by atoms with Crippen LogP contribution in [0.2, 0.25) is 0 Å². The van der Waals surface area contributed by atoms with Gasteiger partial charge in [-0.05, 0) is 42.9 Å². The summed E-state index contributed by atoms with van der Waals surface area (Å²) >= 11 is 0. The molecule has 1 aromatic carbocycles. The minimum absolute atomic E-state index is 0.475. The summed E-state index contributed by atoms with van der Waals surface area (Å²) in [6.07, 6.45) is 4.51. The second-order valence-corrected chi connectivity index (χ2v) is 5.25. The quantitative estimate of drug-likeness (QED) is 0.827. The molecule has 0 amide bonds. The van der Waals surface area contributed by atoms with Gasteiger partial charge in [0.25, 0.3) is 0 Å². The number of rotatable bonds is 1. The van der Waals surface area contributed by atoms with Crippen molar-refractivity contribution in [1.29, 1.82) is 0 Å². The SMILES string of the molecule is Oc1cccc2c1CCCC2N1CCCOCC1. The Labute approximate surface area is 108 Å². The van der Waals surface area contributed by atoms with Crippen molar-refractivity contribution in [2.24, 2.45) is 0 Å². The van der Waals surface area contributed by atoms with Crippen LogP contribution >= 0.6 is 0 Å². The van der Waals surface area contributed by atoms with Gasteiger partial charge in [0.2, 0.25) is 0 Å². The van der Waals surface area contributed by atoms with Gasteiger partial charge in [0.15, 0.2) is 0 Å². The lowest BCUT2D eigenvalue weighted by atomic mass is 9.86. The van der Waals surface area contributed by atoms with E-state index >= 15 is 0 Å². The average molecular weight is 247 g/mol. The van der Waals surface area contributed by atoms with Crippen LogP contribution in [0.5, 0.6) is 5.75 Å². The predicted molar refractivity (Wildman–Crippen MR) is 70.8 cm³/mol. The van der Waals surface area contributed by atoms with Crippen molar-refractivity contribution >= 4 is 0 Å². The molecule has 3 heteroatoms. The minimum atomic E-state index is 0.475. The fraction of sp³-hybridized carbons (Fsp3) is 0.600. The molecule has 3 nitrogen and oxygen atoms in total. The van der Waals surface area contributed by atoms with E-state index in [-0.39, 0.29) is 0 Å². The van der Waals surface area contributed by atoms with Gasteiger partial charge in [-0.15, -0.1) is 0 Å². The summed E-state index contributed by atoms with van der Waals surface area (Å²) in [4.78, 5) is 2.53. The molecule has 1 atom stereocenters. The van der Waals surface area contributed by atoms with Gasteiger partial charge in [0.1, 0.15) is 5.75 Å². The zero-order valence-corrected chi connectivity index (χ0v) is 10.8. The Kier molecular flexibility index (Phi) is 3.52. The lowest BCUT2D eigenvalue weighted by Gasteiger charge is -2.35. The van der Waals surface area contributed by atoms with E-state index in [1.807, 2.05) is 12.1 Å². The molecule has 2 aliphatic rings. The monoisotopic (exact) mass is 247 g/mol. The maximum Gasteiger partial charge on any atom is 0.119 e. The van der Waals surface area contributed by atoms with Gasteiger partial charge >= 0.3 is 0 Å². The van der Waals surface area contributed by atoms with Gasteiger partial charge in [0, 0.05) is 25.7 Å². The first kappa shape index (κ1) is 12.0. The number of benzene rings is 1. The van der Waals surface area contributed by atoms with E-state index in [4.69, 9.17) is 4.74 Å². The van der Waals surface area contributed by atoms with Crippen LogP contribution in [0, 0.1) is 0 Å². The third-order valence-corrected chi connectivity index (χ3v) is 4.15. The van der Waals surface area contributed by atoms with Gasteiger partial charge < -0.3 is 9.84 Å². The van der Waals surface area contributed by atoms with E-state index < -0.39 is 0 Å². The van der Waals surface area contributed by atoms with Gasteiger partial charge in [-0.25, -0.2) is 0 Å². The molecule has 0 aromatic heterocycles. The number of aromatic hydroxyl groups is 1. The maximum atomic E-state index is 9.98. The molecule has 0 spiro atoms. The van der Waals surface area contributed by atoms with E-state index in [9.17, 15) is 5.11 Å². The molecule has 1 saturated heterocycles. The first-order valence-corrected chi connectivity index (χ1v) is 6.99. The Morgan fingerprint density at radius 1 is 1.17 bits per heavy atom. The summed E-state index contributed by atoms with van der Waals surface area (Å²) in [7, 11) is 0. The largest absolute Gasteiger partial charge is 0.508 e. The summed E-state index contributed by atoms with van der Waals surface area (Å²) < 4.78 is 5.54. The molecule has 0 bridgehead atoms. The van der Waals surface area contributed by atoms with E-state index in [1.54, 1.807) is 0 Å². The first-order valence-electron chi connectivity index (χ1n) is 6.99. The molecule has 18 heavy (non-hydrogen) atoms. The van der Waals surface area contributed by atoms with Crippen molar-refractivity contribution in [1.82, 2.24) is 4.90 Å². The van der Waals surface area contributed by atoms with E-state index in [0.29, 0.717) is 11.8 Å². The summed E-state index contributed by atoms with van der Waals surface area (Å²) in [6.45, 7) is 3.85. The van der Waals surface area contributed by atoms with Gasteiger partial charge in [-0.1, -0.05) is 12.1 Å². The number of hydrogen-bond donors (Lipinski definition) is 1. The molecule has 3 rings (SSSR count). The number of phenols is 1. The zero-order chi connectivity index (χ0) is 12.4. The molecule has 1 aliphatic carbocycles. The Balaban J connectivity index is 1.88. The lowest BCUT2D eigenvalue weighted by Crippen LogP contribution is -2.33. The van der Waals surface area contributed by atoms with Crippen LogP contribution in [0.1, 0.15) is 36.4 Å². The van der Waals surface area contributed by atoms with Crippen LogP contribution in [0.3, 0.4) is 0 Å². The van der Waals surface area contributed by atoms with Crippen molar-refractivity contribution in [3.8, 4) is 5.75 Å². The topological polar surface area (TPSA) is 32.7 Å². The highest BCUT2D eigenvalue weighted by Crippen LogP contribution is 2.38. The van der Waals surface area contributed by atoms with Crippen molar-refractivity contribution < 1.29 is 9.84 Å². The van der Waals surface area contributed by atoms with E-state index in [0.717, 1.165) is 39.1 Å². The summed E-state index contributed by atoms with van der Waals surface area (Å²) in [5.41, 5.74) is 2.50. The van der Waals surface area contributed by atoms with Gasteiger partial charge in [-0.3, -0.25) is 4.90 Å². The van der Waals surface area contributed by atoms with Gasteiger partial charge in [-0.2, -0.15) is 0 Å². The van der Waals surface area contributed by atoms with Crippen molar-refractivity contribution in [3.05, 3.63) is 29.3 Å². The van der Waals surface area contributed by atoms with E-state index in [2.05, 4.69) is 11.0 Å². The molecule has 0 radical (unpaired) electrons. The molecule has 1 aromatic rings. The van der Waals surface area contributed by atoms with Crippen molar-refractivity contribution in [3.63, 3.8) is 0 Å². The molecular weight excluding hydrogens is 226 g/mol. The first-order chi connectivity index (χ1) is 8.86. The second kappa shape index (κ2) is 5.29. The minimum Gasteiger partial charge on any atom is -0.508 e. The van der Waals surface area contributed by atoms with Crippen LogP contribution in [-0.2, 0) is 11.2 Å². The smallest absolute Gasteiger partial charge is 0.119 e. The van der Waals surface area contributed by atoms with Crippen LogP contribution in [0.15, 0.2) is 18.2 Å². The Morgan fingerprint density at radius 2 is 2.11 bits per heavy atom. The standard InChI is InChI=1S/C15H21NO2/c17-15-7-2-4-12-13(15)5-1-6-14(12)16-8-3-10-18-11-9-16/h2,4,7,14,17H,1,3,5-6,8-11H2. The van der Waals surface area contributed by atoms with E-state index in [1.165, 1.54) is 24.0 Å². The Morgan fingerprint density at radius 3 is 3.06 bits per heavy atom. The molecule has 1 aliphatic heterocycles. The fourth-order valence-corrected chi connectivity index (χ4v) is 3.26. The maximum absolute atomic E-state index is 9.98. The van der Waals surface area contributed by atoms with Crippen molar-refractivity contribution in [2.45, 2.75) is 31.7 Å². The summed E-state index contributed by atoms with van der Waals surface area (Å²) in [5, 5.41) is 9.98. The molecule has 1 unspecified atom stereocenters. The number of ether oxygens (including phenoxy) is 1. The molecule has 0 saturated carbocycles. The summed E-state index contributed by atoms with van der Waals surface area (Å²) in [5.74, 6) is 0.475. The zero-order valence-electron chi connectivity index (χ0n) is 10.8. The lowest BCUT2D eigenvalue weighted by molar-refractivity contribution is 0.127. The normalized spacial score (nSPS) is 25.4. The Hall–Kier alpha value is -1.06. The number of hydrogen-bond acceptors (Lipinski definition) is 3. The number of fused-ring (bicyclic) bond motifs is 1. The highest BCUT2D eigenvalue weighted by molar-refractivity contribution is 5.42. The van der Waals surface area contributed by atoms with Crippen LogP contribution in [0.25, 0.3) is 0 Å². The van der Waals surface area contributed by atoms with Crippen LogP contribution < -0.4 is 0 Å². The summed E-state index contributed by atoms with van der Waals surface area (Å²) in [6, 6.07) is 6.45.